The van der Waals surface area contributed by atoms with Crippen molar-refractivity contribution >= 4 is 39.5 Å². The summed E-state index contributed by atoms with van der Waals surface area (Å²) in [6.45, 7) is 9.35. The van der Waals surface area contributed by atoms with Crippen LogP contribution in [0.4, 0.5) is 0 Å². The third-order valence-electron chi connectivity index (χ3n) is 14.2. The van der Waals surface area contributed by atoms with Gasteiger partial charge in [-0.1, -0.05) is 234 Å². The minimum absolute atomic E-state index is 0.102. The van der Waals surface area contributed by atoms with Crippen molar-refractivity contribution < 1.29 is 80.2 Å². The molecule has 0 rings (SSSR count). The number of aliphatic hydroxyl groups excluding tert-OH is 1. The zero-order valence-corrected chi connectivity index (χ0v) is 51.7. The summed E-state index contributed by atoms with van der Waals surface area (Å²) in [6.07, 6.45) is 32.4. The van der Waals surface area contributed by atoms with Crippen LogP contribution in [0, 0.1) is 11.8 Å². The Kier molecular flexibility index (Phi) is 50.6. The standard InChI is InChI=1S/C59H114O17P2/c1-7-11-13-15-22-31-37-43-58(63)75-54(47-69-56(61)41-35-27-14-12-8-2)49-73-77(65,66)71-45-53(60)46-72-78(67,68)74-50-55(48-70-57(62)42-36-30-25-21-20-24-29-34-40-52(6)10-4)76-59(64)44-38-32-26-19-17-16-18-23-28-33-39-51(5)9-3/h51-55,60H,7-50H2,1-6H3,(H,65,66)(H,67,68)/t51?,52?,53-,54+,55+/m0/s1. The van der Waals surface area contributed by atoms with Gasteiger partial charge in [-0.15, -0.1) is 0 Å². The molecule has 462 valence electrons. The zero-order chi connectivity index (χ0) is 58.0. The maximum Gasteiger partial charge on any atom is 0.472 e. The van der Waals surface area contributed by atoms with E-state index in [2.05, 4.69) is 41.5 Å². The molecular formula is C59H114O17P2. The SMILES string of the molecule is CCCCCCCCCC(=O)O[C@H](COC(=O)CCCCCCC)COP(=O)(O)OC[C@H](O)COP(=O)(O)OC[C@@H](COC(=O)CCCCCCCCCCC(C)CC)OC(=O)CCCCCCCCCCCCC(C)CC. The number of esters is 4. The highest BCUT2D eigenvalue weighted by atomic mass is 31.2. The van der Waals surface area contributed by atoms with Crippen molar-refractivity contribution in [1.82, 2.24) is 0 Å². The Balaban J connectivity index is 5.18. The van der Waals surface area contributed by atoms with Gasteiger partial charge in [-0.2, -0.15) is 0 Å². The summed E-state index contributed by atoms with van der Waals surface area (Å²) in [5, 5.41) is 10.5. The fourth-order valence-corrected chi connectivity index (χ4v) is 10.2. The van der Waals surface area contributed by atoms with Gasteiger partial charge in [-0.25, -0.2) is 9.13 Å². The first-order valence-electron chi connectivity index (χ1n) is 31.1. The lowest BCUT2D eigenvalue weighted by Gasteiger charge is -2.21. The van der Waals surface area contributed by atoms with Crippen LogP contribution in [0.3, 0.4) is 0 Å². The smallest absolute Gasteiger partial charge is 0.462 e. The number of hydrogen-bond donors (Lipinski definition) is 3. The number of carbonyl (C=O) groups is 4. The van der Waals surface area contributed by atoms with Crippen LogP contribution in [0.5, 0.6) is 0 Å². The molecule has 0 amide bonds. The van der Waals surface area contributed by atoms with E-state index in [0.717, 1.165) is 121 Å². The minimum atomic E-state index is -4.94. The van der Waals surface area contributed by atoms with Crippen LogP contribution in [0.2, 0.25) is 0 Å². The molecule has 4 unspecified atom stereocenters. The second-order valence-electron chi connectivity index (χ2n) is 21.9. The quantitative estimate of drug-likeness (QED) is 0.0222. The van der Waals surface area contributed by atoms with Crippen LogP contribution < -0.4 is 0 Å². The molecule has 0 bridgehead atoms. The molecule has 7 atom stereocenters. The Labute approximate surface area is 473 Å². The Hall–Kier alpha value is -1.94. The molecule has 0 radical (unpaired) electrons. The number of hydrogen-bond acceptors (Lipinski definition) is 15. The first kappa shape index (κ1) is 76.1. The molecule has 0 aromatic heterocycles. The summed E-state index contributed by atoms with van der Waals surface area (Å²) in [6, 6.07) is 0. The largest absolute Gasteiger partial charge is 0.472 e. The number of aliphatic hydroxyl groups is 1. The number of phosphoric ester groups is 2. The summed E-state index contributed by atoms with van der Waals surface area (Å²) in [5.41, 5.74) is 0. The van der Waals surface area contributed by atoms with Crippen LogP contribution in [-0.2, 0) is 65.4 Å². The van der Waals surface area contributed by atoms with Crippen LogP contribution in [0.15, 0.2) is 0 Å². The highest BCUT2D eigenvalue weighted by molar-refractivity contribution is 7.47. The molecule has 0 aliphatic rings. The Morgan fingerprint density at radius 1 is 0.359 bits per heavy atom. The Morgan fingerprint density at radius 2 is 0.615 bits per heavy atom. The molecule has 0 heterocycles. The lowest BCUT2D eigenvalue weighted by molar-refractivity contribution is -0.161. The van der Waals surface area contributed by atoms with E-state index in [-0.39, 0.29) is 25.7 Å². The molecule has 0 saturated carbocycles. The van der Waals surface area contributed by atoms with Crippen molar-refractivity contribution in [1.29, 1.82) is 0 Å². The van der Waals surface area contributed by atoms with Crippen molar-refractivity contribution in [3.05, 3.63) is 0 Å². The monoisotopic (exact) mass is 1160 g/mol. The van der Waals surface area contributed by atoms with E-state index in [9.17, 15) is 43.2 Å². The van der Waals surface area contributed by atoms with Crippen molar-refractivity contribution in [3.63, 3.8) is 0 Å². The number of rotatable bonds is 58. The van der Waals surface area contributed by atoms with Crippen molar-refractivity contribution in [3.8, 4) is 0 Å². The summed E-state index contributed by atoms with van der Waals surface area (Å²) < 4.78 is 67.5. The van der Waals surface area contributed by atoms with E-state index in [1.807, 2.05) is 0 Å². The lowest BCUT2D eigenvalue weighted by Crippen LogP contribution is -2.30. The number of ether oxygens (including phenoxy) is 4. The predicted octanol–water partition coefficient (Wildman–Crippen LogP) is 15.7. The molecule has 0 saturated heterocycles. The normalized spacial score (nSPS) is 15.1. The average molecular weight is 1160 g/mol. The van der Waals surface area contributed by atoms with Crippen LogP contribution in [0.25, 0.3) is 0 Å². The molecule has 0 aromatic carbocycles. The van der Waals surface area contributed by atoms with Gasteiger partial charge in [0.2, 0.25) is 0 Å². The minimum Gasteiger partial charge on any atom is -0.462 e. The highest BCUT2D eigenvalue weighted by Gasteiger charge is 2.30. The molecule has 0 aliphatic heterocycles. The van der Waals surface area contributed by atoms with Gasteiger partial charge in [-0.05, 0) is 37.5 Å². The summed E-state index contributed by atoms with van der Waals surface area (Å²) in [7, 11) is -9.86. The molecule has 17 nitrogen and oxygen atoms in total. The first-order valence-corrected chi connectivity index (χ1v) is 34.1. The van der Waals surface area contributed by atoms with E-state index in [1.165, 1.54) is 83.5 Å². The van der Waals surface area contributed by atoms with Crippen LogP contribution >= 0.6 is 15.6 Å². The topological polar surface area (TPSA) is 237 Å². The van der Waals surface area contributed by atoms with E-state index in [0.29, 0.717) is 25.7 Å². The van der Waals surface area contributed by atoms with Crippen LogP contribution in [0.1, 0.15) is 286 Å². The maximum atomic E-state index is 12.9. The lowest BCUT2D eigenvalue weighted by atomic mass is 9.99. The van der Waals surface area contributed by atoms with Crippen molar-refractivity contribution in [2.24, 2.45) is 11.8 Å². The first-order chi connectivity index (χ1) is 37.4. The third kappa shape index (κ3) is 51.0. The fraction of sp³-hybridized carbons (Fsp3) is 0.932. The fourth-order valence-electron chi connectivity index (χ4n) is 8.58. The van der Waals surface area contributed by atoms with Crippen molar-refractivity contribution in [2.45, 2.75) is 304 Å². The second kappa shape index (κ2) is 51.9. The van der Waals surface area contributed by atoms with Crippen LogP contribution in [-0.4, -0.2) is 96.7 Å². The number of unbranched alkanes of at least 4 members (excludes halogenated alkanes) is 26. The van der Waals surface area contributed by atoms with Gasteiger partial charge in [0.1, 0.15) is 19.3 Å². The number of phosphoric acid groups is 2. The predicted molar refractivity (Wildman–Crippen MR) is 308 cm³/mol. The molecule has 3 N–H and O–H groups in total. The van der Waals surface area contributed by atoms with Gasteiger partial charge in [0.05, 0.1) is 26.4 Å². The Morgan fingerprint density at radius 3 is 0.910 bits per heavy atom. The molecule has 0 aliphatic carbocycles. The molecule has 78 heavy (non-hydrogen) atoms. The number of carbonyl (C=O) groups excluding carboxylic acids is 4. The van der Waals surface area contributed by atoms with E-state index >= 15 is 0 Å². The molecule has 0 aromatic rings. The summed E-state index contributed by atoms with van der Waals surface area (Å²) in [4.78, 5) is 71.6. The van der Waals surface area contributed by atoms with Gasteiger partial charge in [0, 0.05) is 25.7 Å². The van der Waals surface area contributed by atoms with Gasteiger partial charge in [-0.3, -0.25) is 37.3 Å². The molecule has 19 heteroatoms. The maximum absolute atomic E-state index is 12.9. The zero-order valence-electron chi connectivity index (χ0n) is 50.0. The van der Waals surface area contributed by atoms with Gasteiger partial charge >= 0.3 is 39.5 Å². The second-order valence-corrected chi connectivity index (χ2v) is 24.8. The highest BCUT2D eigenvalue weighted by Crippen LogP contribution is 2.45. The summed E-state index contributed by atoms with van der Waals surface area (Å²) in [5.74, 6) is -0.576. The molecule has 0 fully saturated rings. The van der Waals surface area contributed by atoms with E-state index in [4.69, 9.17) is 37.0 Å². The average Bonchev–Trinajstić information content (AvgIpc) is 3.41. The van der Waals surface area contributed by atoms with Gasteiger partial charge < -0.3 is 33.8 Å². The van der Waals surface area contributed by atoms with Gasteiger partial charge in [0.15, 0.2) is 12.2 Å². The van der Waals surface area contributed by atoms with E-state index < -0.39 is 97.5 Å². The third-order valence-corrected chi connectivity index (χ3v) is 16.1. The summed E-state index contributed by atoms with van der Waals surface area (Å²) >= 11 is 0. The van der Waals surface area contributed by atoms with Gasteiger partial charge in [0.25, 0.3) is 0 Å². The van der Waals surface area contributed by atoms with E-state index in [1.54, 1.807) is 0 Å². The molecule has 0 spiro atoms. The molecular weight excluding hydrogens is 1040 g/mol. The Bertz CT molecular complexity index is 1550. The van der Waals surface area contributed by atoms with Crippen molar-refractivity contribution in [2.75, 3.05) is 39.6 Å².